The van der Waals surface area contributed by atoms with E-state index in [1.54, 1.807) is 0 Å². The highest BCUT2D eigenvalue weighted by molar-refractivity contribution is 5.84. The van der Waals surface area contributed by atoms with Crippen molar-refractivity contribution in [1.82, 2.24) is 4.57 Å². The Morgan fingerprint density at radius 3 is 2.52 bits per heavy atom. The van der Waals surface area contributed by atoms with Crippen molar-refractivity contribution in [3.63, 3.8) is 0 Å². The van der Waals surface area contributed by atoms with E-state index in [-0.39, 0.29) is 5.79 Å². The van der Waals surface area contributed by atoms with E-state index >= 15 is 0 Å². The number of ether oxygens (including phenoxy) is 2. The maximum absolute atomic E-state index is 5.88. The number of rotatable bonds is 3. The van der Waals surface area contributed by atoms with Crippen LogP contribution in [0.5, 0.6) is 0 Å². The fraction of sp³-hybridized carbons (Fsp3) is 0.600. The fourth-order valence-electron chi connectivity index (χ4n) is 4.30. The summed E-state index contributed by atoms with van der Waals surface area (Å²) in [6.07, 6.45) is 6.79. The van der Waals surface area contributed by atoms with Crippen molar-refractivity contribution in [3.8, 4) is 0 Å². The van der Waals surface area contributed by atoms with Gasteiger partial charge in [-0.1, -0.05) is 32.0 Å². The zero-order valence-corrected chi connectivity index (χ0v) is 14.3. The predicted molar refractivity (Wildman–Crippen MR) is 92.6 cm³/mol. The molecule has 2 fully saturated rings. The third-order valence-corrected chi connectivity index (χ3v) is 5.38. The van der Waals surface area contributed by atoms with Crippen LogP contribution in [0.25, 0.3) is 10.9 Å². The average molecular weight is 313 g/mol. The molecule has 3 heteroatoms. The van der Waals surface area contributed by atoms with Gasteiger partial charge in [0.2, 0.25) is 0 Å². The summed E-state index contributed by atoms with van der Waals surface area (Å²) >= 11 is 0. The second-order valence-corrected chi connectivity index (χ2v) is 7.53. The second kappa shape index (κ2) is 5.95. The van der Waals surface area contributed by atoms with Gasteiger partial charge in [-0.25, -0.2) is 0 Å². The fourth-order valence-corrected chi connectivity index (χ4v) is 4.30. The molecule has 0 bridgehead atoms. The van der Waals surface area contributed by atoms with Crippen LogP contribution in [0.4, 0.5) is 0 Å². The monoisotopic (exact) mass is 313 g/mol. The Hall–Kier alpha value is -1.32. The van der Waals surface area contributed by atoms with Crippen LogP contribution in [0.3, 0.4) is 0 Å². The lowest BCUT2D eigenvalue weighted by Gasteiger charge is -2.35. The number of para-hydroxylation sites is 1. The molecule has 23 heavy (non-hydrogen) atoms. The van der Waals surface area contributed by atoms with Gasteiger partial charge < -0.3 is 14.0 Å². The summed E-state index contributed by atoms with van der Waals surface area (Å²) in [5.74, 6) is 1.03. The number of hydrogen-bond donors (Lipinski definition) is 0. The number of hydrogen-bond acceptors (Lipinski definition) is 2. The molecular formula is C20H27NO2. The molecule has 3 nitrogen and oxygen atoms in total. The van der Waals surface area contributed by atoms with E-state index in [1.165, 1.54) is 16.5 Å². The summed E-state index contributed by atoms with van der Waals surface area (Å²) in [5.41, 5.74) is 2.90. The minimum absolute atomic E-state index is 0.257. The van der Waals surface area contributed by atoms with Gasteiger partial charge >= 0.3 is 0 Å². The minimum atomic E-state index is -0.257. The van der Waals surface area contributed by atoms with Crippen molar-refractivity contribution < 1.29 is 9.47 Å². The van der Waals surface area contributed by atoms with Gasteiger partial charge in [0.15, 0.2) is 5.79 Å². The van der Waals surface area contributed by atoms with Crippen molar-refractivity contribution >= 4 is 10.9 Å². The molecular weight excluding hydrogens is 286 g/mol. The second-order valence-electron chi connectivity index (χ2n) is 7.53. The predicted octanol–water partition coefficient (Wildman–Crippen LogP) is 4.70. The molecule has 2 heterocycles. The van der Waals surface area contributed by atoms with Crippen LogP contribution in [-0.2, 0) is 16.0 Å². The van der Waals surface area contributed by atoms with Gasteiger partial charge in [-0.15, -0.1) is 0 Å². The van der Waals surface area contributed by atoms with Crippen LogP contribution in [0.15, 0.2) is 30.5 Å². The highest BCUT2D eigenvalue weighted by Crippen LogP contribution is 2.44. The summed E-state index contributed by atoms with van der Waals surface area (Å²) in [6, 6.07) is 8.86. The Kier molecular flexibility index (Phi) is 3.94. The maximum Gasteiger partial charge on any atom is 0.168 e. The first-order valence-corrected chi connectivity index (χ1v) is 9.02. The van der Waals surface area contributed by atoms with Crippen molar-refractivity contribution in [2.75, 3.05) is 13.2 Å². The lowest BCUT2D eigenvalue weighted by atomic mass is 9.81. The quantitative estimate of drug-likeness (QED) is 0.820. The first kappa shape index (κ1) is 15.2. The van der Waals surface area contributed by atoms with E-state index in [0.29, 0.717) is 11.8 Å². The van der Waals surface area contributed by atoms with Crippen molar-refractivity contribution in [3.05, 3.63) is 36.0 Å². The van der Waals surface area contributed by atoms with E-state index in [4.69, 9.17) is 9.47 Å². The van der Waals surface area contributed by atoms with Crippen LogP contribution in [-0.4, -0.2) is 23.6 Å². The zero-order chi connectivity index (χ0) is 15.9. The summed E-state index contributed by atoms with van der Waals surface area (Å²) in [4.78, 5) is 0. The molecule has 0 radical (unpaired) electrons. The van der Waals surface area contributed by atoms with Crippen LogP contribution in [0, 0.1) is 5.92 Å². The van der Waals surface area contributed by atoms with Crippen LogP contribution in [0.2, 0.25) is 0 Å². The maximum atomic E-state index is 5.88. The molecule has 4 rings (SSSR count). The Balaban J connectivity index is 1.61. The van der Waals surface area contributed by atoms with E-state index in [9.17, 15) is 0 Å². The number of fused-ring (bicyclic) bond motifs is 1. The number of aromatic nitrogens is 1. The number of benzene rings is 1. The van der Waals surface area contributed by atoms with E-state index in [0.717, 1.165) is 45.4 Å². The minimum Gasteiger partial charge on any atom is -0.348 e. The lowest BCUT2D eigenvalue weighted by Crippen LogP contribution is -2.34. The van der Waals surface area contributed by atoms with Gasteiger partial charge in [-0.2, -0.15) is 0 Å². The zero-order valence-electron chi connectivity index (χ0n) is 14.3. The van der Waals surface area contributed by atoms with Crippen molar-refractivity contribution in [2.24, 2.45) is 5.92 Å². The first-order chi connectivity index (χ1) is 11.2. The largest absolute Gasteiger partial charge is 0.348 e. The Morgan fingerprint density at radius 1 is 1.13 bits per heavy atom. The van der Waals surface area contributed by atoms with Crippen LogP contribution in [0.1, 0.15) is 51.0 Å². The molecule has 2 aliphatic rings. The van der Waals surface area contributed by atoms with Gasteiger partial charge in [0.05, 0.1) is 13.2 Å². The molecule has 0 N–H and O–H groups in total. The SMILES string of the molecule is CC(C)Cn1cc(C2CCC3(CC2)OCCO3)c2ccccc21. The van der Waals surface area contributed by atoms with Gasteiger partial charge in [0, 0.05) is 36.5 Å². The Labute approximate surface area is 138 Å². The molecule has 0 atom stereocenters. The Morgan fingerprint density at radius 2 is 1.83 bits per heavy atom. The molecule has 1 aromatic heterocycles. The van der Waals surface area contributed by atoms with Crippen LogP contribution < -0.4 is 0 Å². The molecule has 0 amide bonds. The highest BCUT2D eigenvalue weighted by atomic mass is 16.7. The van der Waals surface area contributed by atoms with Gasteiger partial charge in [-0.05, 0) is 36.3 Å². The lowest BCUT2D eigenvalue weighted by molar-refractivity contribution is -0.178. The Bertz CT molecular complexity index is 672. The van der Waals surface area contributed by atoms with E-state index in [1.807, 2.05) is 0 Å². The smallest absolute Gasteiger partial charge is 0.168 e. The topological polar surface area (TPSA) is 23.4 Å². The summed E-state index contributed by atoms with van der Waals surface area (Å²) in [5, 5.41) is 1.43. The summed E-state index contributed by atoms with van der Waals surface area (Å²) in [6.45, 7) is 7.18. The van der Waals surface area contributed by atoms with Crippen molar-refractivity contribution in [2.45, 2.75) is 57.8 Å². The van der Waals surface area contributed by atoms with Crippen LogP contribution >= 0.6 is 0 Å². The molecule has 1 aromatic carbocycles. The third-order valence-electron chi connectivity index (χ3n) is 5.38. The molecule has 1 spiro atoms. The number of nitrogens with zero attached hydrogens (tertiary/aromatic N) is 1. The summed E-state index contributed by atoms with van der Waals surface area (Å²) < 4.78 is 14.2. The molecule has 2 aromatic rings. The molecule has 1 saturated heterocycles. The van der Waals surface area contributed by atoms with Crippen molar-refractivity contribution in [1.29, 1.82) is 0 Å². The highest BCUT2D eigenvalue weighted by Gasteiger charge is 2.41. The van der Waals surface area contributed by atoms with Gasteiger partial charge in [0.25, 0.3) is 0 Å². The molecule has 124 valence electrons. The first-order valence-electron chi connectivity index (χ1n) is 9.02. The summed E-state index contributed by atoms with van der Waals surface area (Å²) in [7, 11) is 0. The van der Waals surface area contributed by atoms with E-state index < -0.39 is 0 Å². The van der Waals surface area contributed by atoms with E-state index in [2.05, 4.69) is 48.9 Å². The average Bonchev–Trinajstić information content (AvgIpc) is 3.14. The molecule has 1 aliphatic carbocycles. The van der Waals surface area contributed by atoms with Gasteiger partial charge in [-0.3, -0.25) is 0 Å². The third kappa shape index (κ3) is 2.81. The molecule has 1 aliphatic heterocycles. The molecule has 1 saturated carbocycles. The van der Waals surface area contributed by atoms with Gasteiger partial charge in [0.1, 0.15) is 0 Å². The normalized spacial score (nSPS) is 21.7. The standard InChI is InChI=1S/C20H27NO2/c1-15(2)13-21-14-18(17-5-3-4-6-19(17)21)16-7-9-20(10-8-16)22-11-12-23-20/h3-6,14-16H,7-13H2,1-2H3. The molecule has 0 unspecified atom stereocenters.